The van der Waals surface area contributed by atoms with Gasteiger partial charge >= 0.3 is 11.9 Å². The molecule has 7 nitrogen and oxygen atoms in total. The predicted octanol–water partition coefficient (Wildman–Crippen LogP) is 2.93. The second-order valence-corrected chi connectivity index (χ2v) is 9.67. The van der Waals surface area contributed by atoms with E-state index in [9.17, 15) is 19.1 Å². The van der Waals surface area contributed by atoms with Crippen LogP contribution in [0, 0.1) is 17.7 Å². The van der Waals surface area contributed by atoms with Crippen molar-refractivity contribution in [2.24, 2.45) is 11.8 Å². The van der Waals surface area contributed by atoms with Gasteiger partial charge in [-0.25, -0.2) is 4.39 Å². The van der Waals surface area contributed by atoms with E-state index in [0.717, 1.165) is 12.1 Å². The quantitative estimate of drug-likeness (QED) is 0.533. The topological polar surface area (TPSA) is 108 Å². The average molecular weight is 425 g/mol. The van der Waals surface area contributed by atoms with Crippen LogP contribution in [0.5, 0.6) is 0 Å². The SMILES string of the molecule is CC(C)(C)OC(=O)CC(C(=O)OC(C)(C)C)C(O)(c1cc(F)ccc1N)C1COC1. The zero-order valence-electron chi connectivity index (χ0n) is 18.5. The first kappa shape index (κ1) is 24.1. The molecule has 0 aliphatic carbocycles. The molecule has 0 amide bonds. The molecule has 1 heterocycles. The molecule has 1 aromatic carbocycles. The summed E-state index contributed by atoms with van der Waals surface area (Å²) in [5.74, 6) is -4.07. The molecular weight excluding hydrogens is 393 g/mol. The first-order valence-corrected chi connectivity index (χ1v) is 9.94. The van der Waals surface area contributed by atoms with E-state index in [4.69, 9.17) is 19.9 Å². The number of nitrogen functional groups attached to an aromatic ring is 1. The van der Waals surface area contributed by atoms with Crippen molar-refractivity contribution < 1.29 is 33.3 Å². The number of ether oxygens (including phenoxy) is 3. The number of nitrogens with two attached hydrogens (primary N) is 1. The van der Waals surface area contributed by atoms with E-state index in [1.54, 1.807) is 41.5 Å². The molecule has 1 saturated heterocycles. The van der Waals surface area contributed by atoms with Crippen molar-refractivity contribution in [3.8, 4) is 0 Å². The van der Waals surface area contributed by atoms with Crippen LogP contribution in [0.2, 0.25) is 0 Å². The molecule has 2 unspecified atom stereocenters. The summed E-state index contributed by atoms with van der Waals surface area (Å²) < 4.78 is 30.2. The number of anilines is 1. The molecule has 3 N–H and O–H groups in total. The highest BCUT2D eigenvalue weighted by molar-refractivity contribution is 5.82. The molecule has 2 rings (SSSR count). The van der Waals surface area contributed by atoms with E-state index < -0.39 is 52.8 Å². The highest BCUT2D eigenvalue weighted by Crippen LogP contribution is 2.45. The molecule has 1 fully saturated rings. The van der Waals surface area contributed by atoms with E-state index >= 15 is 0 Å². The third-order valence-corrected chi connectivity index (χ3v) is 4.72. The number of hydrogen-bond donors (Lipinski definition) is 2. The van der Waals surface area contributed by atoms with Gasteiger partial charge in [-0.3, -0.25) is 9.59 Å². The lowest BCUT2D eigenvalue weighted by molar-refractivity contribution is -0.205. The Morgan fingerprint density at radius 1 is 1.17 bits per heavy atom. The van der Waals surface area contributed by atoms with Crippen molar-refractivity contribution in [2.45, 2.75) is 64.8 Å². The van der Waals surface area contributed by atoms with Crippen molar-refractivity contribution in [3.63, 3.8) is 0 Å². The summed E-state index contributed by atoms with van der Waals surface area (Å²) >= 11 is 0. The zero-order chi connectivity index (χ0) is 22.9. The smallest absolute Gasteiger partial charge is 0.313 e. The highest BCUT2D eigenvalue weighted by atomic mass is 19.1. The summed E-state index contributed by atoms with van der Waals surface area (Å²) in [7, 11) is 0. The van der Waals surface area contributed by atoms with Gasteiger partial charge < -0.3 is 25.1 Å². The zero-order valence-corrected chi connectivity index (χ0v) is 18.5. The van der Waals surface area contributed by atoms with Crippen LogP contribution in [-0.4, -0.2) is 41.5 Å². The number of carbonyl (C=O) groups excluding carboxylic acids is 2. The molecule has 1 aliphatic rings. The lowest BCUT2D eigenvalue weighted by Gasteiger charge is -2.46. The van der Waals surface area contributed by atoms with E-state index in [1.807, 2.05) is 0 Å². The van der Waals surface area contributed by atoms with Gasteiger partial charge in [0.2, 0.25) is 0 Å². The molecule has 1 aliphatic heterocycles. The molecule has 0 saturated carbocycles. The van der Waals surface area contributed by atoms with E-state index in [0.29, 0.717) is 0 Å². The maximum absolute atomic E-state index is 14.1. The second-order valence-electron chi connectivity index (χ2n) is 9.67. The van der Waals surface area contributed by atoms with Gasteiger partial charge in [-0.15, -0.1) is 0 Å². The lowest BCUT2D eigenvalue weighted by atomic mass is 9.69. The van der Waals surface area contributed by atoms with Gasteiger partial charge in [0.1, 0.15) is 28.5 Å². The molecule has 8 heteroatoms. The minimum absolute atomic E-state index is 0.0233. The Hall–Kier alpha value is -2.19. The minimum Gasteiger partial charge on any atom is -0.460 e. The third kappa shape index (κ3) is 5.70. The van der Waals surface area contributed by atoms with Crippen molar-refractivity contribution >= 4 is 17.6 Å². The fraction of sp³-hybridized carbons (Fsp3) is 0.636. The summed E-state index contributed by atoms with van der Waals surface area (Å²) in [6.45, 7) is 10.4. The van der Waals surface area contributed by atoms with Crippen molar-refractivity contribution in [1.82, 2.24) is 0 Å². The standard InChI is InChI=1S/C22H32FNO6/c1-20(2,3)29-18(25)10-16(19(26)30-21(4,5)6)22(27,13-11-28-12-13)15-9-14(23)7-8-17(15)24/h7-9,13,16,27H,10-12,24H2,1-6H3. The largest absolute Gasteiger partial charge is 0.460 e. The van der Waals surface area contributed by atoms with E-state index in [-0.39, 0.29) is 24.5 Å². The first-order chi connectivity index (χ1) is 13.6. The lowest BCUT2D eigenvalue weighted by Crippen LogP contribution is -2.55. The van der Waals surface area contributed by atoms with Crippen molar-refractivity contribution in [1.29, 1.82) is 0 Å². The van der Waals surface area contributed by atoms with Crippen LogP contribution in [0.3, 0.4) is 0 Å². The highest BCUT2D eigenvalue weighted by Gasteiger charge is 2.54. The van der Waals surface area contributed by atoms with E-state index in [1.165, 1.54) is 6.07 Å². The summed E-state index contributed by atoms with van der Waals surface area (Å²) in [5.41, 5.74) is 2.54. The Bertz CT molecular complexity index is 794. The summed E-state index contributed by atoms with van der Waals surface area (Å²) in [6.07, 6.45) is -0.463. The van der Waals surface area contributed by atoms with Gasteiger partial charge in [0, 0.05) is 17.2 Å². The first-order valence-electron chi connectivity index (χ1n) is 9.94. The number of hydrogen-bond acceptors (Lipinski definition) is 7. The Morgan fingerprint density at radius 2 is 1.73 bits per heavy atom. The van der Waals surface area contributed by atoms with Gasteiger partial charge in [-0.05, 0) is 59.7 Å². The van der Waals surface area contributed by atoms with Crippen molar-refractivity contribution in [2.75, 3.05) is 18.9 Å². The molecule has 0 bridgehead atoms. The van der Waals surface area contributed by atoms with Gasteiger partial charge in [-0.1, -0.05) is 0 Å². The van der Waals surface area contributed by atoms with Crippen LogP contribution in [-0.2, 0) is 29.4 Å². The second kappa shape index (κ2) is 8.51. The molecule has 0 spiro atoms. The summed E-state index contributed by atoms with van der Waals surface area (Å²) in [4.78, 5) is 25.8. The molecule has 1 aromatic rings. The predicted molar refractivity (Wildman–Crippen MR) is 109 cm³/mol. The maximum atomic E-state index is 14.1. The molecular formula is C22H32FNO6. The number of aliphatic hydroxyl groups is 1. The fourth-order valence-corrected chi connectivity index (χ4v) is 3.40. The number of esters is 2. The molecule has 2 atom stereocenters. The molecule has 0 aromatic heterocycles. The Balaban J connectivity index is 2.55. The van der Waals surface area contributed by atoms with Gasteiger partial charge in [0.25, 0.3) is 0 Å². The van der Waals surface area contributed by atoms with E-state index in [2.05, 4.69) is 0 Å². The van der Waals surface area contributed by atoms with Crippen LogP contribution in [0.4, 0.5) is 10.1 Å². The van der Waals surface area contributed by atoms with Gasteiger partial charge in [-0.2, -0.15) is 0 Å². The van der Waals surface area contributed by atoms with Crippen LogP contribution < -0.4 is 5.73 Å². The van der Waals surface area contributed by atoms with Crippen LogP contribution in [0.25, 0.3) is 0 Å². The molecule has 168 valence electrons. The van der Waals surface area contributed by atoms with Crippen LogP contribution in [0.15, 0.2) is 18.2 Å². The monoisotopic (exact) mass is 425 g/mol. The molecule has 30 heavy (non-hydrogen) atoms. The molecule has 0 radical (unpaired) electrons. The summed E-state index contributed by atoms with van der Waals surface area (Å²) in [5, 5.41) is 11.8. The number of halogens is 1. The maximum Gasteiger partial charge on any atom is 0.313 e. The third-order valence-electron chi connectivity index (χ3n) is 4.72. The van der Waals surface area contributed by atoms with Crippen LogP contribution >= 0.6 is 0 Å². The van der Waals surface area contributed by atoms with Crippen LogP contribution in [0.1, 0.15) is 53.5 Å². The number of benzene rings is 1. The number of carbonyl (C=O) groups is 2. The normalized spacial score (nSPS) is 18.1. The Kier molecular flexibility index (Phi) is 6.83. The Labute approximate surface area is 176 Å². The fourth-order valence-electron chi connectivity index (χ4n) is 3.40. The van der Waals surface area contributed by atoms with Crippen molar-refractivity contribution in [3.05, 3.63) is 29.6 Å². The van der Waals surface area contributed by atoms with Gasteiger partial charge in [0.05, 0.1) is 19.6 Å². The average Bonchev–Trinajstić information content (AvgIpc) is 2.49. The Morgan fingerprint density at radius 3 is 2.20 bits per heavy atom. The minimum atomic E-state index is -1.98. The van der Waals surface area contributed by atoms with Gasteiger partial charge in [0.15, 0.2) is 0 Å². The number of rotatable bonds is 6. The summed E-state index contributed by atoms with van der Waals surface area (Å²) in [6, 6.07) is 3.56.